The first-order chi connectivity index (χ1) is 27.2. The van der Waals surface area contributed by atoms with E-state index in [2.05, 4.69) is 101 Å². The highest BCUT2D eigenvalue weighted by Crippen LogP contribution is 2.48. The van der Waals surface area contributed by atoms with Gasteiger partial charge in [0.25, 0.3) is 0 Å². The van der Waals surface area contributed by atoms with E-state index in [1.807, 2.05) is 66.9 Å². The molecule has 0 aliphatic carbocycles. The average Bonchev–Trinajstić information content (AvgIpc) is 3.69. The smallest absolute Gasteiger partial charge is 0.137 e. The van der Waals surface area contributed by atoms with Crippen LogP contribution in [0, 0.1) is 12.7 Å². The second kappa shape index (κ2) is 13.0. The Bertz CT molecular complexity index is 2680. The summed E-state index contributed by atoms with van der Waals surface area (Å²) in [5.41, 5.74) is 8.52. The van der Waals surface area contributed by atoms with Crippen LogP contribution in [0.2, 0.25) is 0 Å². The van der Waals surface area contributed by atoms with Gasteiger partial charge in [-0.05, 0) is 118 Å². The summed E-state index contributed by atoms with van der Waals surface area (Å²) in [4.78, 5) is 9.07. The number of para-hydroxylation sites is 1. The third-order valence-electron chi connectivity index (χ3n) is 10.7. The Labute approximate surface area is 329 Å². The second-order valence-corrected chi connectivity index (χ2v) is 17.9. The number of nitrogens with zero attached hydrogens (tertiary/aromatic N) is 4. The minimum atomic E-state index is -2.32. The number of ether oxygens (including phenoxy) is 1. The third kappa shape index (κ3) is 6.73. The first-order valence-electron chi connectivity index (χ1n) is 20.5. The van der Waals surface area contributed by atoms with Crippen molar-refractivity contribution in [1.82, 2.24) is 9.55 Å². The van der Waals surface area contributed by atoms with Crippen molar-refractivity contribution < 1.29 is 13.2 Å². The molecule has 2 aromatic heterocycles. The number of aromatic nitrogens is 2. The van der Waals surface area contributed by atoms with Crippen molar-refractivity contribution in [3.05, 3.63) is 143 Å². The number of benzene rings is 5. The molecule has 3 heterocycles. The van der Waals surface area contributed by atoms with Gasteiger partial charge in [-0.15, -0.1) is 0 Å². The number of hydrogen-bond donors (Lipinski definition) is 0. The van der Waals surface area contributed by atoms with Crippen LogP contribution in [0.1, 0.15) is 88.7 Å². The Kier molecular flexibility index (Phi) is 7.75. The lowest BCUT2D eigenvalue weighted by Crippen LogP contribution is -2.25. The lowest BCUT2D eigenvalue weighted by atomic mass is 9.80. The number of hydrogen-bond acceptors (Lipinski definition) is 4. The van der Waals surface area contributed by atoms with Crippen LogP contribution >= 0.6 is 0 Å². The fraction of sp³-hybridized carbons (Fsp3) is 0.286. The second-order valence-electron chi connectivity index (χ2n) is 17.9. The molecule has 0 spiro atoms. The minimum Gasteiger partial charge on any atom is -0.457 e. The Balaban J connectivity index is 1.21. The van der Waals surface area contributed by atoms with E-state index < -0.39 is 6.85 Å². The molecule has 8 rings (SSSR count). The summed E-state index contributed by atoms with van der Waals surface area (Å²) in [5, 5.41) is 1.69. The van der Waals surface area contributed by atoms with Gasteiger partial charge in [0.2, 0.25) is 0 Å². The van der Waals surface area contributed by atoms with Crippen molar-refractivity contribution in [2.75, 3.05) is 16.5 Å². The van der Waals surface area contributed by atoms with Crippen molar-refractivity contribution in [2.45, 2.75) is 85.4 Å². The summed E-state index contributed by atoms with van der Waals surface area (Å²) in [5.74, 6) is 1.68. The van der Waals surface area contributed by atoms with Gasteiger partial charge in [-0.1, -0.05) is 86.6 Å². The van der Waals surface area contributed by atoms with Crippen LogP contribution in [0.25, 0.3) is 27.6 Å². The molecule has 0 fully saturated rings. The van der Waals surface area contributed by atoms with Crippen LogP contribution in [-0.2, 0) is 16.2 Å². The number of fused-ring (bicyclic) bond motifs is 4. The van der Waals surface area contributed by atoms with Crippen molar-refractivity contribution in [3.63, 3.8) is 0 Å². The highest BCUT2D eigenvalue weighted by Gasteiger charge is 2.32. The molecule has 7 aromatic rings. The van der Waals surface area contributed by atoms with Gasteiger partial charge in [0, 0.05) is 44.6 Å². The molecule has 5 aromatic carbocycles. The summed E-state index contributed by atoms with van der Waals surface area (Å²) < 4.78 is 49.0. The van der Waals surface area contributed by atoms with E-state index in [9.17, 15) is 4.39 Å². The third-order valence-corrected chi connectivity index (χ3v) is 10.7. The average molecular weight is 734 g/mol. The lowest BCUT2D eigenvalue weighted by molar-refractivity contribution is 0.483. The monoisotopic (exact) mass is 733 g/mol. The van der Waals surface area contributed by atoms with Crippen molar-refractivity contribution in [2.24, 2.45) is 0 Å². The Morgan fingerprint density at radius 2 is 1.33 bits per heavy atom. The van der Waals surface area contributed by atoms with Gasteiger partial charge < -0.3 is 14.5 Å². The van der Waals surface area contributed by atoms with Crippen LogP contribution in [0.15, 0.2) is 115 Å². The van der Waals surface area contributed by atoms with Crippen LogP contribution in [-0.4, -0.2) is 16.2 Å². The molecular formula is C49H51FN4O. The molecule has 1 aliphatic rings. The van der Waals surface area contributed by atoms with Gasteiger partial charge in [0.15, 0.2) is 0 Å². The Morgan fingerprint density at radius 3 is 2.04 bits per heavy atom. The molecule has 0 saturated carbocycles. The van der Waals surface area contributed by atoms with Gasteiger partial charge in [0.05, 0.1) is 22.4 Å². The highest BCUT2D eigenvalue weighted by atomic mass is 19.1. The van der Waals surface area contributed by atoms with Gasteiger partial charge in [-0.25, -0.2) is 9.37 Å². The standard InChI is InChI=1S/C49H51FN4O/c1-31-13-11-16-43-46(31)53(37-24-33(48(5,6)7)23-34(25-37)49(8,9)10)30-52(43)36-14-12-15-38(28-36)55-39-18-19-40-41-27-35(50)17-20-42(41)54(44(40)29-39)45-26-32(21-22-51-45)47(2,3)4/h11-29H,30H2,1-10H3/i1D3. The lowest BCUT2D eigenvalue weighted by Gasteiger charge is -2.29. The molecule has 6 heteroatoms. The van der Waals surface area contributed by atoms with Crippen molar-refractivity contribution >= 4 is 44.6 Å². The zero-order valence-electron chi connectivity index (χ0n) is 36.3. The Morgan fingerprint density at radius 1 is 0.618 bits per heavy atom. The van der Waals surface area contributed by atoms with Crippen LogP contribution < -0.4 is 14.5 Å². The normalized spacial score (nSPS) is 14.6. The predicted octanol–water partition coefficient (Wildman–Crippen LogP) is 13.6. The predicted molar refractivity (Wildman–Crippen MR) is 228 cm³/mol. The molecule has 0 unspecified atom stereocenters. The van der Waals surface area contributed by atoms with E-state index in [1.165, 1.54) is 17.2 Å². The first-order valence-corrected chi connectivity index (χ1v) is 19.0. The van der Waals surface area contributed by atoms with Gasteiger partial charge in [0.1, 0.15) is 29.8 Å². The topological polar surface area (TPSA) is 33.5 Å². The summed E-state index contributed by atoms with van der Waals surface area (Å²) in [6, 6.07) is 35.0. The molecule has 0 saturated heterocycles. The number of aryl methyl sites for hydroxylation is 1. The van der Waals surface area contributed by atoms with E-state index in [0.29, 0.717) is 29.4 Å². The highest BCUT2D eigenvalue weighted by molar-refractivity contribution is 6.09. The van der Waals surface area contributed by atoms with E-state index in [-0.39, 0.29) is 22.1 Å². The minimum absolute atomic E-state index is 0.0884. The van der Waals surface area contributed by atoms with E-state index in [0.717, 1.165) is 50.2 Å². The summed E-state index contributed by atoms with van der Waals surface area (Å²) in [7, 11) is 0. The molecule has 0 N–H and O–H groups in total. The molecule has 0 bridgehead atoms. The molecular weight excluding hydrogens is 680 g/mol. The number of anilines is 4. The summed E-state index contributed by atoms with van der Waals surface area (Å²) >= 11 is 0. The van der Waals surface area contributed by atoms with E-state index >= 15 is 0 Å². The van der Waals surface area contributed by atoms with Crippen molar-refractivity contribution in [3.8, 4) is 17.3 Å². The maximum Gasteiger partial charge on any atom is 0.137 e. The zero-order valence-corrected chi connectivity index (χ0v) is 33.3. The van der Waals surface area contributed by atoms with Gasteiger partial charge in [-0.3, -0.25) is 4.57 Å². The molecule has 0 radical (unpaired) electrons. The SMILES string of the molecule is [2H]C([2H])([2H])c1cccc2c1N(c1cc(C(C)(C)C)cc(C(C)(C)C)c1)CN2c1cccc(Oc2ccc3c4cc(F)ccc4n(-c4cc(C(C)(C)C)ccn4)c3c2)c1. The summed E-state index contributed by atoms with van der Waals surface area (Å²) in [6.07, 6.45) is 1.83. The summed E-state index contributed by atoms with van der Waals surface area (Å²) in [6.45, 7) is 17.9. The molecule has 0 atom stereocenters. The maximum atomic E-state index is 14.7. The molecule has 280 valence electrons. The zero-order chi connectivity index (χ0) is 41.5. The number of pyridine rings is 1. The molecule has 5 nitrogen and oxygen atoms in total. The van der Waals surface area contributed by atoms with Gasteiger partial charge in [-0.2, -0.15) is 0 Å². The van der Waals surface area contributed by atoms with E-state index in [4.69, 9.17) is 13.8 Å². The molecule has 55 heavy (non-hydrogen) atoms. The van der Waals surface area contributed by atoms with E-state index in [1.54, 1.807) is 18.2 Å². The van der Waals surface area contributed by atoms with Crippen LogP contribution in [0.5, 0.6) is 11.5 Å². The first kappa shape index (κ1) is 32.8. The molecule has 1 aliphatic heterocycles. The molecule has 0 amide bonds. The van der Waals surface area contributed by atoms with Gasteiger partial charge >= 0.3 is 0 Å². The largest absolute Gasteiger partial charge is 0.457 e. The fourth-order valence-electron chi connectivity index (χ4n) is 7.53. The van der Waals surface area contributed by atoms with Crippen LogP contribution in [0.3, 0.4) is 0 Å². The Hall–Kier alpha value is -5.62. The fourth-order valence-corrected chi connectivity index (χ4v) is 7.53. The maximum absolute atomic E-state index is 14.7. The quantitative estimate of drug-likeness (QED) is 0.176. The number of halogens is 1. The van der Waals surface area contributed by atoms with Crippen molar-refractivity contribution in [1.29, 1.82) is 0 Å². The van der Waals surface area contributed by atoms with Crippen LogP contribution in [0.4, 0.5) is 27.1 Å². The number of rotatable bonds is 5.